The summed E-state index contributed by atoms with van der Waals surface area (Å²) in [6, 6.07) is 17.8. The Labute approximate surface area is 146 Å². The highest BCUT2D eigenvalue weighted by Gasteiger charge is 2.30. The molecule has 1 saturated carbocycles. The van der Waals surface area contributed by atoms with Crippen LogP contribution in [0.15, 0.2) is 53.5 Å². The van der Waals surface area contributed by atoms with E-state index in [-0.39, 0.29) is 23.8 Å². The Morgan fingerprint density at radius 1 is 1.12 bits per heavy atom. The SMILES string of the molecule is N#CC1CC(Oc2ccc(CC3C=c4ccccc4=NC3=O)cc2)C1. The first-order valence-electron chi connectivity index (χ1n) is 8.56. The second-order valence-electron chi connectivity index (χ2n) is 6.67. The van der Waals surface area contributed by atoms with Gasteiger partial charge in [-0.2, -0.15) is 5.26 Å². The topological polar surface area (TPSA) is 62.4 Å². The minimum Gasteiger partial charge on any atom is -0.490 e. The smallest absolute Gasteiger partial charge is 0.253 e. The monoisotopic (exact) mass is 330 g/mol. The van der Waals surface area contributed by atoms with Gasteiger partial charge in [0.2, 0.25) is 0 Å². The Morgan fingerprint density at radius 3 is 2.64 bits per heavy atom. The van der Waals surface area contributed by atoms with Crippen molar-refractivity contribution < 1.29 is 9.53 Å². The zero-order valence-corrected chi connectivity index (χ0v) is 13.8. The highest BCUT2D eigenvalue weighted by molar-refractivity contribution is 5.86. The molecule has 1 heterocycles. The van der Waals surface area contributed by atoms with Crippen LogP contribution in [0.25, 0.3) is 6.08 Å². The first-order valence-corrected chi connectivity index (χ1v) is 8.56. The molecule has 2 aromatic carbocycles. The van der Waals surface area contributed by atoms with Crippen molar-refractivity contribution in [1.29, 1.82) is 5.26 Å². The van der Waals surface area contributed by atoms with E-state index in [1.165, 1.54) is 0 Å². The van der Waals surface area contributed by atoms with Crippen LogP contribution in [0.1, 0.15) is 18.4 Å². The summed E-state index contributed by atoms with van der Waals surface area (Å²) in [5, 5.41) is 10.6. The number of amides is 1. The number of hydrogen-bond donors (Lipinski definition) is 0. The maximum Gasteiger partial charge on any atom is 0.253 e. The molecule has 0 saturated heterocycles. The van der Waals surface area contributed by atoms with Crippen molar-refractivity contribution in [2.75, 3.05) is 0 Å². The van der Waals surface area contributed by atoms with Crippen LogP contribution in [0.5, 0.6) is 5.75 Å². The second kappa shape index (κ2) is 6.52. The van der Waals surface area contributed by atoms with Gasteiger partial charge < -0.3 is 4.74 Å². The standard InChI is InChI=1S/C21H18N2O2/c22-13-15-10-19(11-15)25-18-7-5-14(6-8-18)9-17-12-16-3-1-2-4-20(16)23-21(17)24/h1-8,12,15,17,19H,9-11H2. The van der Waals surface area contributed by atoms with E-state index in [9.17, 15) is 4.79 Å². The van der Waals surface area contributed by atoms with Crippen LogP contribution in [0.3, 0.4) is 0 Å². The molecule has 1 fully saturated rings. The molecule has 124 valence electrons. The van der Waals surface area contributed by atoms with Crippen molar-refractivity contribution in [2.45, 2.75) is 25.4 Å². The van der Waals surface area contributed by atoms with Gasteiger partial charge in [-0.25, -0.2) is 4.99 Å². The van der Waals surface area contributed by atoms with Crippen molar-refractivity contribution in [1.82, 2.24) is 0 Å². The molecule has 0 N–H and O–H groups in total. The third-order valence-electron chi connectivity index (χ3n) is 4.82. The van der Waals surface area contributed by atoms with Crippen LogP contribution in [0, 0.1) is 23.2 Å². The van der Waals surface area contributed by atoms with E-state index in [1.807, 2.05) is 54.6 Å². The molecular formula is C21H18N2O2. The predicted molar refractivity (Wildman–Crippen MR) is 93.1 cm³/mol. The van der Waals surface area contributed by atoms with Crippen LogP contribution >= 0.6 is 0 Å². The summed E-state index contributed by atoms with van der Waals surface area (Å²) < 4.78 is 5.85. The molecule has 0 radical (unpaired) electrons. The minimum absolute atomic E-state index is 0.0870. The molecule has 1 unspecified atom stereocenters. The van der Waals surface area contributed by atoms with Gasteiger partial charge in [0.15, 0.2) is 0 Å². The number of para-hydroxylation sites is 1. The first-order chi connectivity index (χ1) is 12.2. The van der Waals surface area contributed by atoms with Gasteiger partial charge in [-0.05, 0) is 35.4 Å². The van der Waals surface area contributed by atoms with E-state index in [0.29, 0.717) is 6.42 Å². The van der Waals surface area contributed by atoms with Gasteiger partial charge in [0.05, 0.1) is 23.3 Å². The molecule has 2 aromatic rings. The summed E-state index contributed by atoms with van der Waals surface area (Å²) >= 11 is 0. The Bertz CT molecular complexity index is 951. The van der Waals surface area contributed by atoms with E-state index in [0.717, 1.165) is 34.7 Å². The Kier molecular flexibility index (Phi) is 4.07. The zero-order valence-electron chi connectivity index (χ0n) is 13.8. The molecule has 0 bridgehead atoms. The van der Waals surface area contributed by atoms with E-state index in [4.69, 9.17) is 10.00 Å². The average Bonchev–Trinajstić information content (AvgIpc) is 2.60. The van der Waals surface area contributed by atoms with Crippen molar-refractivity contribution in [2.24, 2.45) is 16.8 Å². The molecule has 1 atom stereocenters. The molecule has 4 rings (SSSR count). The van der Waals surface area contributed by atoms with Gasteiger partial charge in [-0.1, -0.05) is 36.4 Å². The third kappa shape index (κ3) is 3.32. The summed E-state index contributed by atoms with van der Waals surface area (Å²) in [6.45, 7) is 0. The number of rotatable bonds is 4. The minimum atomic E-state index is -0.218. The molecule has 0 spiro atoms. The normalized spacial score (nSPS) is 24.1. The number of ether oxygens (including phenoxy) is 1. The first kappa shape index (κ1) is 15.6. The largest absolute Gasteiger partial charge is 0.490 e. The van der Waals surface area contributed by atoms with Crippen LogP contribution < -0.4 is 15.3 Å². The highest BCUT2D eigenvalue weighted by Crippen LogP contribution is 2.30. The number of hydrogen-bond acceptors (Lipinski definition) is 3. The van der Waals surface area contributed by atoms with Crippen molar-refractivity contribution >= 4 is 12.0 Å². The highest BCUT2D eigenvalue weighted by atomic mass is 16.5. The Balaban J connectivity index is 1.42. The van der Waals surface area contributed by atoms with Gasteiger partial charge in [-0.15, -0.1) is 0 Å². The van der Waals surface area contributed by atoms with Gasteiger partial charge in [0.25, 0.3) is 5.91 Å². The van der Waals surface area contributed by atoms with Gasteiger partial charge in [0.1, 0.15) is 11.9 Å². The number of nitriles is 1. The quantitative estimate of drug-likeness (QED) is 0.863. The number of carbonyl (C=O) groups excluding carboxylic acids is 1. The molecule has 25 heavy (non-hydrogen) atoms. The fourth-order valence-corrected chi connectivity index (χ4v) is 3.28. The lowest BCUT2D eigenvalue weighted by atomic mass is 9.83. The molecule has 1 amide bonds. The van der Waals surface area contributed by atoms with Crippen molar-refractivity contribution in [3.05, 3.63) is 64.7 Å². The lowest BCUT2D eigenvalue weighted by Gasteiger charge is -2.30. The number of carbonyl (C=O) groups is 1. The maximum atomic E-state index is 12.2. The van der Waals surface area contributed by atoms with Crippen LogP contribution in [0.4, 0.5) is 0 Å². The molecule has 1 aliphatic carbocycles. The summed E-state index contributed by atoms with van der Waals surface area (Å²) in [5.74, 6) is 0.656. The fourth-order valence-electron chi connectivity index (χ4n) is 3.28. The van der Waals surface area contributed by atoms with Crippen LogP contribution in [-0.4, -0.2) is 12.0 Å². The molecule has 0 aromatic heterocycles. The van der Waals surface area contributed by atoms with Gasteiger partial charge >= 0.3 is 0 Å². The molecular weight excluding hydrogens is 312 g/mol. The number of nitrogens with zero attached hydrogens (tertiary/aromatic N) is 2. The van der Waals surface area contributed by atoms with Gasteiger partial charge in [0, 0.05) is 12.8 Å². The number of fused-ring (bicyclic) bond motifs is 1. The lowest BCUT2D eigenvalue weighted by Crippen LogP contribution is -2.34. The lowest BCUT2D eigenvalue weighted by molar-refractivity contribution is -0.120. The van der Waals surface area contributed by atoms with Crippen molar-refractivity contribution in [3.8, 4) is 11.8 Å². The summed E-state index contributed by atoms with van der Waals surface area (Å²) in [7, 11) is 0. The Hall–Kier alpha value is -2.93. The summed E-state index contributed by atoms with van der Waals surface area (Å²) in [5.41, 5.74) is 1.08. The van der Waals surface area contributed by atoms with E-state index in [1.54, 1.807) is 0 Å². The summed E-state index contributed by atoms with van der Waals surface area (Å²) in [6.07, 6.45) is 4.41. The molecule has 4 heteroatoms. The molecule has 1 aliphatic heterocycles. The average molecular weight is 330 g/mol. The van der Waals surface area contributed by atoms with Crippen LogP contribution in [0.2, 0.25) is 0 Å². The fraction of sp³-hybridized carbons (Fsp3) is 0.286. The van der Waals surface area contributed by atoms with E-state index < -0.39 is 0 Å². The summed E-state index contributed by atoms with van der Waals surface area (Å²) in [4.78, 5) is 16.4. The van der Waals surface area contributed by atoms with Crippen molar-refractivity contribution in [3.63, 3.8) is 0 Å². The molecule has 2 aliphatic rings. The number of benzene rings is 2. The molecule has 4 nitrogen and oxygen atoms in total. The predicted octanol–water partition coefficient (Wildman–Crippen LogP) is 2.17. The van der Waals surface area contributed by atoms with Gasteiger partial charge in [-0.3, -0.25) is 4.79 Å². The Morgan fingerprint density at radius 2 is 1.88 bits per heavy atom. The second-order valence-corrected chi connectivity index (χ2v) is 6.67. The third-order valence-corrected chi connectivity index (χ3v) is 4.82. The van der Waals surface area contributed by atoms with Crippen LogP contribution in [-0.2, 0) is 11.2 Å². The van der Waals surface area contributed by atoms with E-state index in [2.05, 4.69) is 11.1 Å². The maximum absolute atomic E-state index is 12.2. The zero-order chi connectivity index (χ0) is 17.2. The van der Waals surface area contributed by atoms with E-state index >= 15 is 0 Å².